The van der Waals surface area contributed by atoms with E-state index in [0.29, 0.717) is 13.2 Å². The standard InChI is InChI=1S/C17H25NO3/c1-4-10-21-14-17(19)13-18(9-11-20-3)12-16-8-6-5-7-15(16)2/h1,5-8,17,19H,9-14H2,2-3H3/t17-/m1/s1. The van der Waals surface area contributed by atoms with Gasteiger partial charge in [-0.2, -0.15) is 0 Å². The second-order valence-corrected chi connectivity index (χ2v) is 5.03. The fourth-order valence-corrected chi connectivity index (χ4v) is 2.09. The van der Waals surface area contributed by atoms with Crippen LogP contribution in [0.25, 0.3) is 0 Å². The third kappa shape index (κ3) is 7.26. The van der Waals surface area contributed by atoms with Crippen LogP contribution in [0.1, 0.15) is 11.1 Å². The summed E-state index contributed by atoms with van der Waals surface area (Å²) in [7, 11) is 1.68. The molecule has 1 rings (SSSR count). The number of nitrogens with zero attached hydrogens (tertiary/aromatic N) is 1. The van der Waals surface area contributed by atoms with Crippen molar-refractivity contribution in [1.82, 2.24) is 4.90 Å². The molecule has 0 saturated heterocycles. The van der Waals surface area contributed by atoms with E-state index in [2.05, 4.69) is 29.9 Å². The van der Waals surface area contributed by atoms with E-state index in [-0.39, 0.29) is 13.2 Å². The minimum absolute atomic E-state index is 0.229. The maximum absolute atomic E-state index is 10.0. The average molecular weight is 291 g/mol. The molecule has 0 spiro atoms. The zero-order valence-electron chi connectivity index (χ0n) is 12.9. The lowest BCUT2D eigenvalue weighted by atomic mass is 10.1. The van der Waals surface area contributed by atoms with Gasteiger partial charge in [-0.15, -0.1) is 6.42 Å². The molecule has 4 nitrogen and oxygen atoms in total. The lowest BCUT2D eigenvalue weighted by Crippen LogP contribution is -2.36. The highest BCUT2D eigenvalue weighted by atomic mass is 16.5. The van der Waals surface area contributed by atoms with E-state index in [1.54, 1.807) is 7.11 Å². The van der Waals surface area contributed by atoms with Crippen molar-refractivity contribution in [3.8, 4) is 12.3 Å². The van der Waals surface area contributed by atoms with Crippen LogP contribution in [0, 0.1) is 19.3 Å². The first kappa shape index (κ1) is 17.7. The summed E-state index contributed by atoms with van der Waals surface area (Å²) in [6.07, 6.45) is 4.56. The maximum Gasteiger partial charge on any atom is 0.107 e. The van der Waals surface area contributed by atoms with Gasteiger partial charge in [0.2, 0.25) is 0 Å². The second kappa shape index (κ2) is 10.4. The number of rotatable bonds is 10. The van der Waals surface area contributed by atoms with Crippen molar-refractivity contribution >= 4 is 0 Å². The molecule has 0 fully saturated rings. The van der Waals surface area contributed by atoms with Crippen LogP contribution >= 0.6 is 0 Å². The Labute approximate surface area is 127 Å². The van der Waals surface area contributed by atoms with Gasteiger partial charge in [-0.25, -0.2) is 0 Å². The van der Waals surface area contributed by atoms with Crippen LogP contribution in [-0.2, 0) is 16.0 Å². The van der Waals surface area contributed by atoms with Crippen LogP contribution in [0.3, 0.4) is 0 Å². The molecule has 0 bridgehead atoms. The highest BCUT2D eigenvalue weighted by molar-refractivity contribution is 5.25. The molecule has 0 amide bonds. The average Bonchev–Trinajstić information content (AvgIpc) is 2.47. The molecule has 1 aromatic rings. The third-order valence-corrected chi connectivity index (χ3v) is 3.23. The van der Waals surface area contributed by atoms with Gasteiger partial charge < -0.3 is 14.6 Å². The van der Waals surface area contributed by atoms with Gasteiger partial charge in [0.1, 0.15) is 6.61 Å². The van der Waals surface area contributed by atoms with Gasteiger partial charge in [0.25, 0.3) is 0 Å². The number of aryl methyl sites for hydroxylation is 1. The summed E-state index contributed by atoms with van der Waals surface area (Å²) in [4.78, 5) is 2.16. The van der Waals surface area contributed by atoms with Crippen molar-refractivity contribution in [3.63, 3.8) is 0 Å². The van der Waals surface area contributed by atoms with Crippen LogP contribution in [-0.4, -0.2) is 56.1 Å². The zero-order chi connectivity index (χ0) is 15.5. The van der Waals surface area contributed by atoms with Crippen LogP contribution in [0.4, 0.5) is 0 Å². The van der Waals surface area contributed by atoms with E-state index in [9.17, 15) is 5.11 Å². The number of benzene rings is 1. The number of aliphatic hydroxyl groups is 1. The highest BCUT2D eigenvalue weighted by Crippen LogP contribution is 2.11. The fourth-order valence-electron chi connectivity index (χ4n) is 2.09. The number of ether oxygens (including phenoxy) is 2. The summed E-state index contributed by atoms with van der Waals surface area (Å²) in [6, 6.07) is 8.26. The van der Waals surface area contributed by atoms with Gasteiger partial charge in [0.05, 0.1) is 19.3 Å². The van der Waals surface area contributed by atoms with E-state index in [1.807, 2.05) is 12.1 Å². The molecule has 1 atom stereocenters. The normalized spacial score (nSPS) is 12.3. The minimum Gasteiger partial charge on any atom is -0.389 e. The quantitative estimate of drug-likeness (QED) is 0.523. The number of hydrogen-bond donors (Lipinski definition) is 1. The number of methoxy groups -OCH3 is 1. The maximum atomic E-state index is 10.0. The monoisotopic (exact) mass is 291 g/mol. The van der Waals surface area contributed by atoms with E-state index in [4.69, 9.17) is 15.9 Å². The summed E-state index contributed by atoms with van der Waals surface area (Å²) in [5, 5.41) is 10.0. The van der Waals surface area contributed by atoms with Crippen LogP contribution in [0.15, 0.2) is 24.3 Å². The van der Waals surface area contributed by atoms with Gasteiger partial charge in [-0.1, -0.05) is 30.2 Å². The van der Waals surface area contributed by atoms with Gasteiger partial charge >= 0.3 is 0 Å². The first-order valence-corrected chi connectivity index (χ1v) is 7.12. The molecule has 1 aromatic carbocycles. The van der Waals surface area contributed by atoms with Gasteiger partial charge in [0, 0.05) is 26.7 Å². The molecule has 116 valence electrons. The third-order valence-electron chi connectivity index (χ3n) is 3.23. The van der Waals surface area contributed by atoms with Crippen molar-refractivity contribution < 1.29 is 14.6 Å². The molecule has 1 N–H and O–H groups in total. The minimum atomic E-state index is -0.556. The Kier molecular flexibility index (Phi) is 8.72. The van der Waals surface area contributed by atoms with E-state index >= 15 is 0 Å². The molecular weight excluding hydrogens is 266 g/mol. The lowest BCUT2D eigenvalue weighted by Gasteiger charge is -2.25. The Morgan fingerprint density at radius 3 is 2.81 bits per heavy atom. The molecule has 0 heterocycles. The lowest BCUT2D eigenvalue weighted by molar-refractivity contribution is 0.0207. The van der Waals surface area contributed by atoms with E-state index < -0.39 is 6.10 Å². The molecule has 0 aliphatic heterocycles. The Bertz CT molecular complexity index is 442. The highest BCUT2D eigenvalue weighted by Gasteiger charge is 2.13. The smallest absolute Gasteiger partial charge is 0.107 e. The van der Waals surface area contributed by atoms with Crippen molar-refractivity contribution in [2.24, 2.45) is 0 Å². The topological polar surface area (TPSA) is 41.9 Å². The van der Waals surface area contributed by atoms with Crippen molar-refractivity contribution in [1.29, 1.82) is 0 Å². The molecule has 21 heavy (non-hydrogen) atoms. The SMILES string of the molecule is C#CCOC[C@H](O)CN(CCOC)Cc1ccccc1C. The van der Waals surface area contributed by atoms with Crippen molar-refractivity contribution in [3.05, 3.63) is 35.4 Å². The summed E-state index contributed by atoms with van der Waals surface area (Å²) < 4.78 is 10.3. The van der Waals surface area contributed by atoms with Crippen LogP contribution in [0.5, 0.6) is 0 Å². The van der Waals surface area contributed by atoms with Gasteiger partial charge in [0.15, 0.2) is 0 Å². The molecule has 0 radical (unpaired) electrons. The molecule has 0 aromatic heterocycles. The summed E-state index contributed by atoms with van der Waals surface area (Å²) in [6.45, 7) is 5.27. The Morgan fingerprint density at radius 2 is 2.14 bits per heavy atom. The summed E-state index contributed by atoms with van der Waals surface area (Å²) >= 11 is 0. The molecule has 0 saturated carbocycles. The Balaban J connectivity index is 2.55. The zero-order valence-corrected chi connectivity index (χ0v) is 12.9. The van der Waals surface area contributed by atoms with Gasteiger partial charge in [-0.3, -0.25) is 4.90 Å². The molecular formula is C17H25NO3. The Morgan fingerprint density at radius 1 is 1.38 bits per heavy atom. The Hall–Kier alpha value is -1.38. The largest absolute Gasteiger partial charge is 0.389 e. The van der Waals surface area contributed by atoms with Crippen molar-refractivity contribution in [2.75, 3.05) is 40.0 Å². The first-order chi connectivity index (χ1) is 10.2. The molecule has 4 heteroatoms. The number of aliphatic hydroxyl groups excluding tert-OH is 1. The van der Waals surface area contributed by atoms with E-state index in [1.165, 1.54) is 11.1 Å². The van der Waals surface area contributed by atoms with E-state index in [0.717, 1.165) is 13.1 Å². The number of hydrogen-bond acceptors (Lipinski definition) is 4. The molecule has 0 aliphatic carbocycles. The fraction of sp³-hybridized carbons (Fsp3) is 0.529. The molecule has 0 aliphatic rings. The number of terminal acetylenes is 1. The second-order valence-electron chi connectivity index (χ2n) is 5.03. The van der Waals surface area contributed by atoms with Crippen molar-refractivity contribution in [2.45, 2.75) is 19.6 Å². The first-order valence-electron chi connectivity index (χ1n) is 7.12. The predicted molar refractivity (Wildman–Crippen MR) is 84.0 cm³/mol. The summed E-state index contributed by atoms with van der Waals surface area (Å²) in [5.74, 6) is 2.39. The van der Waals surface area contributed by atoms with Crippen LogP contribution < -0.4 is 0 Å². The molecule has 0 unspecified atom stereocenters. The predicted octanol–water partition coefficient (Wildman–Crippen LogP) is 1.45. The summed E-state index contributed by atoms with van der Waals surface area (Å²) in [5.41, 5.74) is 2.50. The van der Waals surface area contributed by atoms with Crippen LogP contribution in [0.2, 0.25) is 0 Å². The van der Waals surface area contributed by atoms with Gasteiger partial charge in [-0.05, 0) is 18.1 Å².